The maximum Gasteiger partial charge on any atom is 0.281 e. The van der Waals surface area contributed by atoms with E-state index in [0.717, 1.165) is 0 Å². The number of rotatable bonds is 2. The molecule has 15 heavy (non-hydrogen) atoms. The fourth-order valence-corrected chi connectivity index (χ4v) is 3.08. The molecule has 0 amide bonds. The molecular formula is C9H21N3O2S. The SMILES string of the molecule is CC1CNC(C)(C)CN1S(=O)(=O)N(C)C. The molecule has 0 aromatic rings. The van der Waals surface area contributed by atoms with Crippen molar-refractivity contribution < 1.29 is 8.42 Å². The second-order valence-electron chi connectivity index (χ2n) is 4.95. The highest BCUT2D eigenvalue weighted by molar-refractivity contribution is 7.86. The number of hydrogen-bond acceptors (Lipinski definition) is 3. The van der Waals surface area contributed by atoms with E-state index in [1.165, 1.54) is 4.31 Å². The van der Waals surface area contributed by atoms with Crippen LogP contribution in [0.4, 0.5) is 0 Å². The second-order valence-corrected chi connectivity index (χ2v) is 7.04. The maximum absolute atomic E-state index is 12.0. The molecule has 0 aromatic carbocycles. The van der Waals surface area contributed by atoms with Crippen LogP contribution in [0.1, 0.15) is 20.8 Å². The summed E-state index contributed by atoms with van der Waals surface area (Å²) in [6, 6.07) is 0.00502. The Labute approximate surface area is 92.6 Å². The van der Waals surface area contributed by atoms with Gasteiger partial charge in [-0.1, -0.05) is 0 Å². The summed E-state index contributed by atoms with van der Waals surface area (Å²) in [6.07, 6.45) is 0. The molecule has 1 saturated heterocycles. The first-order valence-electron chi connectivity index (χ1n) is 5.11. The van der Waals surface area contributed by atoms with Crippen LogP contribution < -0.4 is 5.32 Å². The summed E-state index contributed by atoms with van der Waals surface area (Å²) in [7, 11) is -0.160. The third-order valence-corrected chi connectivity index (χ3v) is 4.68. The standard InChI is InChI=1S/C9H21N3O2S/c1-8-6-10-9(2,3)7-12(8)15(13,14)11(4)5/h8,10H,6-7H2,1-5H3. The molecule has 1 atom stereocenters. The van der Waals surface area contributed by atoms with Gasteiger partial charge in [0.05, 0.1) is 0 Å². The first-order chi connectivity index (χ1) is 6.67. The lowest BCUT2D eigenvalue weighted by Crippen LogP contribution is -2.63. The van der Waals surface area contributed by atoms with Crippen molar-refractivity contribution in [2.75, 3.05) is 27.2 Å². The van der Waals surface area contributed by atoms with Crippen LogP contribution >= 0.6 is 0 Å². The first-order valence-corrected chi connectivity index (χ1v) is 6.51. The van der Waals surface area contributed by atoms with Crippen molar-refractivity contribution in [3.63, 3.8) is 0 Å². The molecule has 90 valence electrons. The molecule has 6 heteroatoms. The van der Waals surface area contributed by atoms with Crippen molar-refractivity contribution in [1.82, 2.24) is 13.9 Å². The summed E-state index contributed by atoms with van der Waals surface area (Å²) >= 11 is 0. The van der Waals surface area contributed by atoms with E-state index in [0.29, 0.717) is 13.1 Å². The van der Waals surface area contributed by atoms with Crippen LogP contribution in [0, 0.1) is 0 Å². The predicted octanol–water partition coefficient (Wildman–Crippen LogP) is -0.135. The molecule has 1 rings (SSSR count). The monoisotopic (exact) mass is 235 g/mol. The lowest BCUT2D eigenvalue weighted by atomic mass is 10.0. The summed E-state index contributed by atoms with van der Waals surface area (Å²) in [5, 5.41) is 3.32. The molecule has 0 radical (unpaired) electrons. The molecule has 0 aromatic heterocycles. The van der Waals surface area contributed by atoms with Crippen LogP contribution in [0.5, 0.6) is 0 Å². The lowest BCUT2D eigenvalue weighted by molar-refractivity contribution is 0.177. The van der Waals surface area contributed by atoms with Gasteiger partial charge in [-0.25, -0.2) is 0 Å². The molecule has 0 bridgehead atoms. The smallest absolute Gasteiger partial charge is 0.281 e. The summed E-state index contributed by atoms with van der Waals surface area (Å²) in [6.45, 7) is 7.14. The van der Waals surface area contributed by atoms with Gasteiger partial charge in [0.25, 0.3) is 10.2 Å². The van der Waals surface area contributed by atoms with Gasteiger partial charge in [-0.2, -0.15) is 17.0 Å². The Balaban J connectivity index is 2.93. The number of nitrogens with one attached hydrogen (secondary N) is 1. The highest BCUT2D eigenvalue weighted by atomic mass is 32.2. The summed E-state index contributed by atoms with van der Waals surface area (Å²) < 4.78 is 26.8. The zero-order chi connectivity index (χ0) is 11.9. The fraction of sp³-hybridized carbons (Fsp3) is 1.00. The topological polar surface area (TPSA) is 52.7 Å². The highest BCUT2D eigenvalue weighted by Crippen LogP contribution is 2.19. The molecule has 1 unspecified atom stereocenters. The molecule has 0 aliphatic carbocycles. The van der Waals surface area contributed by atoms with Crippen LogP contribution in [-0.4, -0.2) is 55.8 Å². The van der Waals surface area contributed by atoms with Gasteiger partial charge in [-0.15, -0.1) is 0 Å². The van der Waals surface area contributed by atoms with Gasteiger partial charge in [0.15, 0.2) is 0 Å². The Hall–Kier alpha value is -0.170. The van der Waals surface area contributed by atoms with Crippen molar-refractivity contribution in [3.05, 3.63) is 0 Å². The molecule has 5 nitrogen and oxygen atoms in total. The van der Waals surface area contributed by atoms with E-state index < -0.39 is 10.2 Å². The molecule has 0 saturated carbocycles. The van der Waals surface area contributed by atoms with Crippen molar-refractivity contribution in [3.8, 4) is 0 Å². The van der Waals surface area contributed by atoms with E-state index in [2.05, 4.69) is 5.32 Å². The molecule has 1 aliphatic rings. The van der Waals surface area contributed by atoms with Crippen LogP contribution in [0.25, 0.3) is 0 Å². The Bertz CT molecular complexity index is 324. The van der Waals surface area contributed by atoms with Gasteiger partial charge >= 0.3 is 0 Å². The minimum Gasteiger partial charge on any atom is -0.309 e. The fourth-order valence-electron chi connectivity index (χ4n) is 1.65. The van der Waals surface area contributed by atoms with E-state index in [9.17, 15) is 8.42 Å². The van der Waals surface area contributed by atoms with Crippen molar-refractivity contribution in [1.29, 1.82) is 0 Å². The normalized spacial score (nSPS) is 28.3. The average molecular weight is 235 g/mol. The van der Waals surface area contributed by atoms with Crippen LogP contribution in [-0.2, 0) is 10.2 Å². The van der Waals surface area contributed by atoms with E-state index in [1.54, 1.807) is 18.4 Å². The Morgan fingerprint density at radius 3 is 2.40 bits per heavy atom. The van der Waals surface area contributed by atoms with Crippen molar-refractivity contribution in [2.24, 2.45) is 0 Å². The van der Waals surface area contributed by atoms with E-state index in [4.69, 9.17) is 0 Å². The van der Waals surface area contributed by atoms with Crippen LogP contribution in [0.15, 0.2) is 0 Å². The van der Waals surface area contributed by atoms with Crippen molar-refractivity contribution in [2.45, 2.75) is 32.4 Å². The van der Waals surface area contributed by atoms with E-state index >= 15 is 0 Å². The third kappa shape index (κ3) is 2.69. The number of hydrogen-bond donors (Lipinski definition) is 1. The van der Waals surface area contributed by atoms with Crippen LogP contribution in [0.3, 0.4) is 0 Å². The van der Waals surface area contributed by atoms with Crippen molar-refractivity contribution >= 4 is 10.2 Å². The average Bonchev–Trinajstić information content (AvgIpc) is 2.09. The van der Waals surface area contributed by atoms with Crippen LogP contribution in [0.2, 0.25) is 0 Å². The van der Waals surface area contributed by atoms with Gasteiger partial charge in [-0.3, -0.25) is 0 Å². The van der Waals surface area contributed by atoms with E-state index in [-0.39, 0.29) is 11.6 Å². The lowest BCUT2D eigenvalue weighted by Gasteiger charge is -2.43. The minimum absolute atomic E-state index is 0.00502. The quantitative estimate of drug-likeness (QED) is 0.725. The van der Waals surface area contributed by atoms with Gasteiger partial charge in [0, 0.05) is 38.8 Å². The summed E-state index contributed by atoms with van der Waals surface area (Å²) in [4.78, 5) is 0. The summed E-state index contributed by atoms with van der Waals surface area (Å²) in [5.74, 6) is 0. The Morgan fingerprint density at radius 1 is 1.40 bits per heavy atom. The summed E-state index contributed by atoms with van der Waals surface area (Å²) in [5.41, 5.74) is -0.157. The van der Waals surface area contributed by atoms with Gasteiger partial charge in [0.2, 0.25) is 0 Å². The third-order valence-electron chi connectivity index (χ3n) is 2.68. The molecule has 1 N–H and O–H groups in total. The zero-order valence-corrected chi connectivity index (χ0v) is 10.9. The predicted molar refractivity (Wildman–Crippen MR) is 60.9 cm³/mol. The Kier molecular flexibility index (Phi) is 3.45. The van der Waals surface area contributed by atoms with Gasteiger partial charge in [-0.05, 0) is 20.8 Å². The largest absolute Gasteiger partial charge is 0.309 e. The number of nitrogens with zero attached hydrogens (tertiary/aromatic N) is 2. The molecule has 1 heterocycles. The molecule has 0 spiro atoms. The minimum atomic E-state index is -3.29. The molecule has 1 fully saturated rings. The molecular weight excluding hydrogens is 214 g/mol. The highest BCUT2D eigenvalue weighted by Gasteiger charge is 2.38. The van der Waals surface area contributed by atoms with Gasteiger partial charge in [0.1, 0.15) is 0 Å². The number of piperazine rings is 1. The first kappa shape index (κ1) is 12.9. The van der Waals surface area contributed by atoms with Gasteiger partial charge < -0.3 is 5.32 Å². The zero-order valence-electron chi connectivity index (χ0n) is 10.1. The second kappa shape index (κ2) is 4.01. The Morgan fingerprint density at radius 2 is 1.93 bits per heavy atom. The maximum atomic E-state index is 12.0. The molecule has 1 aliphatic heterocycles. The van der Waals surface area contributed by atoms with E-state index in [1.807, 2.05) is 20.8 Å².